The van der Waals surface area contributed by atoms with Crippen molar-refractivity contribution in [2.75, 3.05) is 5.32 Å². The first kappa shape index (κ1) is 13.1. The summed E-state index contributed by atoms with van der Waals surface area (Å²) in [7, 11) is 0. The van der Waals surface area contributed by atoms with Gasteiger partial charge in [0, 0.05) is 0 Å². The Kier molecular flexibility index (Phi) is 2.83. The van der Waals surface area contributed by atoms with Gasteiger partial charge in [-0.2, -0.15) is 0 Å². The lowest BCUT2D eigenvalue weighted by molar-refractivity contribution is 0.471. The van der Waals surface area contributed by atoms with Gasteiger partial charge in [0.25, 0.3) is 0 Å². The molecule has 3 aromatic rings. The molecule has 1 aliphatic heterocycles. The van der Waals surface area contributed by atoms with Gasteiger partial charge in [-0.1, -0.05) is 18.2 Å². The average molecular weight is 358 g/mol. The molecule has 1 aliphatic rings. The Hall–Kier alpha value is -2.54. The molecule has 6 nitrogen and oxygen atoms in total. The summed E-state index contributed by atoms with van der Waals surface area (Å²) < 4.78 is 2.60. The number of imidazole rings is 1. The van der Waals surface area contributed by atoms with Gasteiger partial charge in [-0.05, 0) is 45.8 Å². The molecule has 2 heterocycles. The molecular weight excluding hydrogens is 346 g/mol. The number of para-hydroxylation sites is 2. The monoisotopic (exact) mass is 357 g/mol. The lowest BCUT2D eigenvalue weighted by Gasteiger charge is -2.24. The van der Waals surface area contributed by atoms with Gasteiger partial charge in [0.2, 0.25) is 5.95 Å². The number of hydrogen-bond donors (Lipinski definition) is 3. The lowest BCUT2D eigenvalue weighted by Crippen LogP contribution is -2.31. The second kappa shape index (κ2) is 4.74. The van der Waals surface area contributed by atoms with E-state index in [0.29, 0.717) is 16.4 Å². The smallest absolute Gasteiger partial charge is 0.212 e. The largest absolute Gasteiger partial charge is 0.507 e. The SMILES string of the molecule is NC1=NC(c2ccc(O)c(Br)c2)n2c(nc3ccccc32)N1. The van der Waals surface area contributed by atoms with E-state index in [1.54, 1.807) is 6.07 Å². The molecule has 0 saturated heterocycles. The third kappa shape index (κ3) is 1.93. The van der Waals surface area contributed by atoms with E-state index < -0.39 is 0 Å². The van der Waals surface area contributed by atoms with Gasteiger partial charge < -0.3 is 10.8 Å². The molecule has 0 spiro atoms. The molecule has 0 fully saturated rings. The van der Waals surface area contributed by atoms with E-state index in [4.69, 9.17) is 5.73 Å². The third-order valence-electron chi connectivity index (χ3n) is 3.61. The fourth-order valence-corrected chi connectivity index (χ4v) is 3.02. The number of aliphatic imine (C=N–C) groups is 1. The number of rotatable bonds is 1. The van der Waals surface area contributed by atoms with Crippen molar-refractivity contribution in [2.24, 2.45) is 10.7 Å². The highest BCUT2D eigenvalue weighted by atomic mass is 79.9. The number of nitrogens with one attached hydrogen (secondary N) is 1. The zero-order valence-electron chi connectivity index (χ0n) is 11.4. The van der Waals surface area contributed by atoms with Crippen molar-refractivity contribution in [3.05, 3.63) is 52.5 Å². The molecule has 0 saturated carbocycles. The third-order valence-corrected chi connectivity index (χ3v) is 4.25. The van der Waals surface area contributed by atoms with Gasteiger partial charge in [-0.25, -0.2) is 9.98 Å². The van der Waals surface area contributed by atoms with Crippen LogP contribution in [0.15, 0.2) is 51.9 Å². The van der Waals surface area contributed by atoms with Crippen LogP contribution >= 0.6 is 15.9 Å². The Labute approximate surface area is 134 Å². The number of benzene rings is 2. The lowest BCUT2D eigenvalue weighted by atomic mass is 10.1. The van der Waals surface area contributed by atoms with Crippen LogP contribution in [0.25, 0.3) is 11.0 Å². The van der Waals surface area contributed by atoms with Crippen molar-refractivity contribution in [1.29, 1.82) is 0 Å². The van der Waals surface area contributed by atoms with E-state index in [0.717, 1.165) is 16.6 Å². The number of anilines is 1. The van der Waals surface area contributed by atoms with Gasteiger partial charge in [0.1, 0.15) is 5.75 Å². The van der Waals surface area contributed by atoms with Crippen LogP contribution in [-0.2, 0) is 0 Å². The highest BCUT2D eigenvalue weighted by Gasteiger charge is 2.25. The Bertz CT molecular complexity index is 917. The van der Waals surface area contributed by atoms with Gasteiger partial charge in [-0.3, -0.25) is 9.88 Å². The quantitative estimate of drug-likeness (QED) is 0.624. The highest BCUT2D eigenvalue weighted by molar-refractivity contribution is 9.10. The summed E-state index contributed by atoms with van der Waals surface area (Å²) in [6.45, 7) is 0. The van der Waals surface area contributed by atoms with Crippen molar-refractivity contribution in [2.45, 2.75) is 6.17 Å². The molecule has 1 atom stereocenters. The second-order valence-corrected chi connectivity index (χ2v) is 5.87. The van der Waals surface area contributed by atoms with Gasteiger partial charge in [0.15, 0.2) is 12.1 Å². The number of halogens is 1. The predicted molar refractivity (Wildman–Crippen MR) is 88.9 cm³/mol. The zero-order chi connectivity index (χ0) is 15.3. The normalized spacial score (nSPS) is 17.0. The number of nitrogens with zero attached hydrogens (tertiary/aromatic N) is 3. The van der Waals surface area contributed by atoms with Crippen LogP contribution in [0.1, 0.15) is 11.7 Å². The Morgan fingerprint density at radius 1 is 1.23 bits per heavy atom. The number of fused-ring (bicyclic) bond motifs is 3. The highest BCUT2D eigenvalue weighted by Crippen LogP contribution is 2.35. The van der Waals surface area contributed by atoms with Gasteiger partial charge in [0.05, 0.1) is 15.5 Å². The van der Waals surface area contributed by atoms with E-state index in [1.165, 1.54) is 0 Å². The number of hydrogen-bond acceptors (Lipinski definition) is 5. The first-order chi connectivity index (χ1) is 10.6. The molecular formula is C15H12BrN5O. The molecule has 1 unspecified atom stereocenters. The van der Waals surface area contributed by atoms with E-state index in [2.05, 4.69) is 31.2 Å². The first-order valence-corrected chi connectivity index (χ1v) is 7.48. The minimum absolute atomic E-state index is 0.186. The van der Waals surface area contributed by atoms with Crippen LogP contribution in [0, 0.1) is 0 Å². The Morgan fingerprint density at radius 2 is 2.05 bits per heavy atom. The van der Waals surface area contributed by atoms with Crippen LogP contribution in [0.5, 0.6) is 5.75 Å². The average Bonchev–Trinajstić information content (AvgIpc) is 2.87. The van der Waals surface area contributed by atoms with Crippen LogP contribution in [0.2, 0.25) is 0 Å². The van der Waals surface area contributed by atoms with Crippen molar-refractivity contribution < 1.29 is 5.11 Å². The molecule has 22 heavy (non-hydrogen) atoms. The summed E-state index contributed by atoms with van der Waals surface area (Å²) in [6.07, 6.45) is -0.333. The van der Waals surface area contributed by atoms with Crippen molar-refractivity contribution in [3.8, 4) is 5.75 Å². The number of phenols is 1. The summed E-state index contributed by atoms with van der Waals surface area (Å²) in [5.41, 5.74) is 8.63. The zero-order valence-corrected chi connectivity index (χ0v) is 12.9. The molecule has 0 radical (unpaired) electrons. The minimum Gasteiger partial charge on any atom is -0.507 e. The maximum absolute atomic E-state index is 9.68. The van der Waals surface area contributed by atoms with E-state index in [1.807, 2.05) is 41.0 Å². The molecule has 0 amide bonds. The number of phenolic OH excluding ortho intramolecular Hbond substituents is 1. The molecule has 1 aromatic heterocycles. The van der Waals surface area contributed by atoms with Crippen molar-refractivity contribution in [3.63, 3.8) is 0 Å². The molecule has 0 bridgehead atoms. The van der Waals surface area contributed by atoms with Crippen molar-refractivity contribution in [1.82, 2.24) is 9.55 Å². The maximum Gasteiger partial charge on any atom is 0.212 e. The molecule has 2 aromatic carbocycles. The summed E-state index contributed by atoms with van der Waals surface area (Å²) in [6, 6.07) is 13.1. The van der Waals surface area contributed by atoms with E-state index in [-0.39, 0.29) is 11.9 Å². The molecule has 4 rings (SSSR count). The molecule has 110 valence electrons. The number of guanidine groups is 1. The fraction of sp³-hybridized carbons (Fsp3) is 0.0667. The molecule has 4 N–H and O–H groups in total. The first-order valence-electron chi connectivity index (χ1n) is 6.69. The van der Waals surface area contributed by atoms with E-state index >= 15 is 0 Å². The number of aromatic hydroxyl groups is 1. The predicted octanol–water partition coefficient (Wildman–Crippen LogP) is 2.79. The number of nitrogens with two attached hydrogens (primary N) is 1. The summed E-state index contributed by atoms with van der Waals surface area (Å²) in [5.74, 6) is 1.16. The summed E-state index contributed by atoms with van der Waals surface area (Å²) >= 11 is 3.34. The molecule has 7 heteroatoms. The summed E-state index contributed by atoms with van der Waals surface area (Å²) in [4.78, 5) is 9.04. The minimum atomic E-state index is -0.333. The molecule has 0 aliphatic carbocycles. The van der Waals surface area contributed by atoms with E-state index in [9.17, 15) is 5.11 Å². The topological polar surface area (TPSA) is 88.5 Å². The fourth-order valence-electron chi connectivity index (χ4n) is 2.62. The Balaban J connectivity index is 1.96. The van der Waals surface area contributed by atoms with Crippen LogP contribution in [-0.4, -0.2) is 20.6 Å². The standard InChI is InChI=1S/C15H12BrN5O/c16-9-7-8(5-6-12(9)22)13-19-14(17)20-15-18-10-3-1-2-4-11(10)21(13)15/h1-7,13,22H,(H3,17,18,19,20). The van der Waals surface area contributed by atoms with Gasteiger partial charge >= 0.3 is 0 Å². The Morgan fingerprint density at radius 3 is 2.86 bits per heavy atom. The van der Waals surface area contributed by atoms with Crippen LogP contribution in [0.4, 0.5) is 5.95 Å². The maximum atomic E-state index is 9.68. The second-order valence-electron chi connectivity index (χ2n) is 5.02. The van der Waals surface area contributed by atoms with Gasteiger partial charge in [-0.15, -0.1) is 0 Å². The van der Waals surface area contributed by atoms with Crippen LogP contribution < -0.4 is 11.1 Å². The number of aromatic nitrogens is 2. The van der Waals surface area contributed by atoms with Crippen molar-refractivity contribution >= 4 is 38.9 Å². The summed E-state index contributed by atoms with van der Waals surface area (Å²) in [5, 5.41) is 12.7. The van der Waals surface area contributed by atoms with Crippen LogP contribution in [0.3, 0.4) is 0 Å².